The SMILES string of the molecule is CCN(CC)c1ccc(C(=O)NNC(=O)C[NH2+][C@H](c2ccccc2)c2ccco2)cc1. The Morgan fingerprint density at radius 2 is 1.65 bits per heavy atom. The van der Waals surface area contributed by atoms with Crippen LogP contribution in [-0.2, 0) is 4.79 Å². The zero-order chi connectivity index (χ0) is 22.1. The van der Waals surface area contributed by atoms with Gasteiger partial charge in [0.1, 0.15) is 0 Å². The molecule has 0 aliphatic rings. The summed E-state index contributed by atoms with van der Waals surface area (Å²) in [6.45, 7) is 6.10. The van der Waals surface area contributed by atoms with Crippen molar-refractivity contribution in [2.75, 3.05) is 24.5 Å². The summed E-state index contributed by atoms with van der Waals surface area (Å²) in [5.74, 6) is 0.0991. The fourth-order valence-electron chi connectivity index (χ4n) is 3.43. The van der Waals surface area contributed by atoms with Gasteiger partial charge >= 0.3 is 0 Å². The summed E-state index contributed by atoms with van der Waals surface area (Å²) < 4.78 is 5.54. The van der Waals surface area contributed by atoms with E-state index >= 15 is 0 Å². The van der Waals surface area contributed by atoms with Crippen molar-refractivity contribution in [3.63, 3.8) is 0 Å². The van der Waals surface area contributed by atoms with Crippen LogP contribution >= 0.6 is 0 Å². The molecule has 0 unspecified atom stereocenters. The number of carbonyl (C=O) groups excluding carboxylic acids is 2. The van der Waals surface area contributed by atoms with E-state index in [0.717, 1.165) is 30.1 Å². The van der Waals surface area contributed by atoms with Gasteiger partial charge in [-0.1, -0.05) is 30.3 Å². The van der Waals surface area contributed by atoms with Crippen LogP contribution in [0.15, 0.2) is 77.4 Å². The summed E-state index contributed by atoms with van der Waals surface area (Å²) >= 11 is 0. The van der Waals surface area contributed by atoms with Gasteiger partial charge in [0.25, 0.3) is 11.8 Å². The minimum absolute atomic E-state index is 0.126. The Labute approximate surface area is 182 Å². The Morgan fingerprint density at radius 1 is 0.935 bits per heavy atom. The van der Waals surface area contributed by atoms with Crippen molar-refractivity contribution >= 4 is 17.5 Å². The number of hydrazine groups is 1. The van der Waals surface area contributed by atoms with Crippen molar-refractivity contribution < 1.29 is 19.3 Å². The first kappa shape index (κ1) is 22.1. The fraction of sp³-hybridized carbons (Fsp3) is 0.250. The number of hydrogen-bond acceptors (Lipinski definition) is 4. The van der Waals surface area contributed by atoms with Crippen molar-refractivity contribution in [1.82, 2.24) is 10.9 Å². The van der Waals surface area contributed by atoms with E-state index in [1.54, 1.807) is 18.4 Å². The highest BCUT2D eigenvalue weighted by atomic mass is 16.3. The van der Waals surface area contributed by atoms with Crippen LogP contribution in [0.1, 0.15) is 41.6 Å². The van der Waals surface area contributed by atoms with Crippen LogP contribution in [0.25, 0.3) is 0 Å². The molecule has 1 aromatic heterocycles. The highest BCUT2D eigenvalue weighted by molar-refractivity contribution is 5.95. The molecule has 0 saturated heterocycles. The molecule has 0 aliphatic carbocycles. The third kappa shape index (κ3) is 5.96. The van der Waals surface area contributed by atoms with E-state index < -0.39 is 0 Å². The second-order valence-corrected chi connectivity index (χ2v) is 7.07. The van der Waals surface area contributed by atoms with Gasteiger partial charge < -0.3 is 14.6 Å². The third-order valence-corrected chi connectivity index (χ3v) is 5.12. The van der Waals surface area contributed by atoms with Crippen LogP contribution in [0, 0.1) is 0 Å². The molecule has 31 heavy (non-hydrogen) atoms. The average Bonchev–Trinajstić information content (AvgIpc) is 3.34. The number of quaternary nitrogens is 1. The molecule has 162 valence electrons. The maximum absolute atomic E-state index is 12.4. The molecule has 0 aliphatic heterocycles. The Bertz CT molecular complexity index is 952. The van der Waals surface area contributed by atoms with Gasteiger partial charge in [-0.3, -0.25) is 20.4 Å². The Hall–Kier alpha value is -3.58. The van der Waals surface area contributed by atoms with Crippen LogP contribution in [0.4, 0.5) is 5.69 Å². The molecule has 0 bridgehead atoms. The molecule has 3 aromatic rings. The lowest BCUT2D eigenvalue weighted by molar-refractivity contribution is -0.678. The molecule has 7 heteroatoms. The Balaban J connectivity index is 1.53. The molecule has 2 amide bonds. The summed E-state index contributed by atoms with van der Waals surface area (Å²) in [6.07, 6.45) is 1.62. The summed E-state index contributed by atoms with van der Waals surface area (Å²) in [4.78, 5) is 26.9. The Kier molecular flexibility index (Phi) is 7.84. The third-order valence-electron chi connectivity index (χ3n) is 5.12. The van der Waals surface area contributed by atoms with Crippen molar-refractivity contribution in [2.45, 2.75) is 19.9 Å². The quantitative estimate of drug-likeness (QED) is 0.462. The van der Waals surface area contributed by atoms with Crippen molar-refractivity contribution in [1.29, 1.82) is 0 Å². The minimum atomic E-state index is -0.356. The number of rotatable bonds is 9. The molecule has 0 fully saturated rings. The molecule has 1 atom stereocenters. The summed E-state index contributed by atoms with van der Waals surface area (Å²) in [5.41, 5.74) is 7.53. The van der Waals surface area contributed by atoms with Gasteiger partial charge in [0.05, 0.1) is 6.26 Å². The Morgan fingerprint density at radius 3 is 2.26 bits per heavy atom. The molecule has 0 spiro atoms. The van der Waals surface area contributed by atoms with Crippen LogP contribution in [0.5, 0.6) is 0 Å². The lowest BCUT2D eigenvalue weighted by Crippen LogP contribution is -2.88. The summed E-state index contributed by atoms with van der Waals surface area (Å²) in [6, 6.07) is 20.7. The number of nitrogens with two attached hydrogens (primary N) is 1. The van der Waals surface area contributed by atoms with Gasteiger partial charge in [-0.15, -0.1) is 0 Å². The van der Waals surface area contributed by atoms with Crippen LogP contribution in [-0.4, -0.2) is 31.4 Å². The zero-order valence-corrected chi connectivity index (χ0v) is 17.9. The van der Waals surface area contributed by atoms with Crippen LogP contribution < -0.4 is 21.1 Å². The number of nitrogens with one attached hydrogen (secondary N) is 2. The van der Waals surface area contributed by atoms with Crippen molar-refractivity contribution in [3.8, 4) is 0 Å². The second-order valence-electron chi connectivity index (χ2n) is 7.07. The smallest absolute Gasteiger partial charge is 0.293 e. The monoisotopic (exact) mass is 421 g/mol. The predicted octanol–water partition coefficient (Wildman–Crippen LogP) is 2.24. The first-order chi connectivity index (χ1) is 15.1. The minimum Gasteiger partial charge on any atom is -0.463 e. The normalized spacial score (nSPS) is 11.5. The molecular weight excluding hydrogens is 392 g/mol. The van der Waals surface area contributed by atoms with E-state index in [0.29, 0.717) is 5.56 Å². The van der Waals surface area contributed by atoms with Crippen LogP contribution in [0.2, 0.25) is 0 Å². The molecule has 3 rings (SSSR count). The van der Waals surface area contributed by atoms with Gasteiger partial charge in [-0.05, 0) is 50.2 Å². The van der Waals surface area contributed by atoms with E-state index in [4.69, 9.17) is 4.42 Å². The number of carbonyl (C=O) groups is 2. The number of amides is 2. The average molecular weight is 422 g/mol. The summed E-state index contributed by atoms with van der Waals surface area (Å²) in [7, 11) is 0. The van der Waals surface area contributed by atoms with E-state index in [2.05, 4.69) is 29.6 Å². The standard InChI is InChI=1S/C24H28N4O3/c1-3-28(4-2)20-14-12-19(13-15-20)24(30)27-26-22(29)17-25-23(21-11-8-16-31-21)18-9-6-5-7-10-18/h5-16,23,25H,3-4,17H2,1-2H3,(H,26,29)(H,27,30)/p+1/t23-/m1/s1. The van der Waals surface area contributed by atoms with Crippen molar-refractivity contribution in [2.24, 2.45) is 0 Å². The maximum Gasteiger partial charge on any atom is 0.293 e. The molecule has 4 N–H and O–H groups in total. The van der Waals surface area contributed by atoms with E-state index in [1.807, 2.05) is 59.9 Å². The van der Waals surface area contributed by atoms with Gasteiger partial charge in [-0.25, -0.2) is 0 Å². The van der Waals surface area contributed by atoms with Gasteiger partial charge in [0, 0.05) is 29.9 Å². The van der Waals surface area contributed by atoms with Crippen molar-refractivity contribution in [3.05, 3.63) is 89.9 Å². The van der Waals surface area contributed by atoms with E-state index in [1.165, 1.54) is 0 Å². The highest BCUT2D eigenvalue weighted by Gasteiger charge is 2.21. The zero-order valence-electron chi connectivity index (χ0n) is 17.9. The first-order valence-corrected chi connectivity index (χ1v) is 10.5. The second kappa shape index (κ2) is 11.0. The molecule has 7 nitrogen and oxygen atoms in total. The number of nitrogens with zero attached hydrogens (tertiary/aromatic N) is 1. The predicted molar refractivity (Wildman–Crippen MR) is 119 cm³/mol. The number of furan rings is 1. The van der Waals surface area contributed by atoms with Gasteiger partial charge in [0.2, 0.25) is 0 Å². The molecular formula is C24H29N4O3+. The lowest BCUT2D eigenvalue weighted by Gasteiger charge is -2.21. The van der Waals surface area contributed by atoms with E-state index in [9.17, 15) is 9.59 Å². The molecule has 2 aromatic carbocycles. The molecule has 0 saturated carbocycles. The fourth-order valence-corrected chi connectivity index (χ4v) is 3.43. The highest BCUT2D eigenvalue weighted by Crippen LogP contribution is 2.18. The van der Waals surface area contributed by atoms with Crippen LogP contribution in [0.3, 0.4) is 0 Å². The maximum atomic E-state index is 12.4. The topological polar surface area (TPSA) is 91.2 Å². The molecule has 0 radical (unpaired) electrons. The first-order valence-electron chi connectivity index (χ1n) is 10.5. The number of benzene rings is 2. The van der Waals surface area contributed by atoms with E-state index in [-0.39, 0.29) is 24.4 Å². The number of hydrogen-bond donors (Lipinski definition) is 3. The largest absolute Gasteiger partial charge is 0.463 e. The van der Waals surface area contributed by atoms with Gasteiger partial charge in [-0.2, -0.15) is 0 Å². The van der Waals surface area contributed by atoms with Gasteiger partial charge in [0.15, 0.2) is 18.3 Å². The summed E-state index contributed by atoms with van der Waals surface area (Å²) in [5, 5.41) is 1.87. The number of anilines is 1. The molecule has 1 heterocycles. The lowest BCUT2D eigenvalue weighted by atomic mass is 10.0.